The molecule has 0 bridgehead atoms. The van der Waals surface area contributed by atoms with Gasteiger partial charge in [-0.2, -0.15) is 0 Å². The SMILES string of the molecule is CCNC(Cc1ccccc1Cl)CC1CCCO1. The minimum absolute atomic E-state index is 0.427. The van der Waals surface area contributed by atoms with E-state index >= 15 is 0 Å². The monoisotopic (exact) mass is 267 g/mol. The summed E-state index contributed by atoms with van der Waals surface area (Å²) < 4.78 is 5.72. The van der Waals surface area contributed by atoms with Crippen LogP contribution >= 0.6 is 11.6 Å². The van der Waals surface area contributed by atoms with Crippen molar-refractivity contribution in [3.63, 3.8) is 0 Å². The molecule has 2 unspecified atom stereocenters. The molecule has 1 fully saturated rings. The molecular weight excluding hydrogens is 246 g/mol. The average Bonchev–Trinajstić information content (AvgIpc) is 2.85. The average molecular weight is 268 g/mol. The number of hydrogen-bond donors (Lipinski definition) is 1. The summed E-state index contributed by atoms with van der Waals surface area (Å²) in [5.74, 6) is 0. The van der Waals surface area contributed by atoms with Gasteiger partial charge in [-0.15, -0.1) is 0 Å². The van der Waals surface area contributed by atoms with Crippen LogP contribution in [0.5, 0.6) is 0 Å². The van der Waals surface area contributed by atoms with Gasteiger partial charge in [-0.05, 0) is 43.9 Å². The van der Waals surface area contributed by atoms with Crippen LogP contribution in [0, 0.1) is 0 Å². The van der Waals surface area contributed by atoms with Crippen LogP contribution in [0.1, 0.15) is 31.7 Å². The zero-order chi connectivity index (χ0) is 12.8. The molecule has 1 heterocycles. The largest absolute Gasteiger partial charge is 0.378 e. The van der Waals surface area contributed by atoms with E-state index in [1.165, 1.54) is 18.4 Å². The molecule has 18 heavy (non-hydrogen) atoms. The van der Waals surface area contributed by atoms with Gasteiger partial charge in [0.15, 0.2) is 0 Å². The van der Waals surface area contributed by atoms with Crippen LogP contribution in [0.15, 0.2) is 24.3 Å². The lowest BCUT2D eigenvalue weighted by atomic mass is 9.99. The summed E-state index contributed by atoms with van der Waals surface area (Å²) in [6, 6.07) is 8.57. The fourth-order valence-corrected chi connectivity index (χ4v) is 2.82. The van der Waals surface area contributed by atoms with E-state index in [2.05, 4.69) is 24.4 Å². The second kappa shape index (κ2) is 7.13. The van der Waals surface area contributed by atoms with Gasteiger partial charge in [0, 0.05) is 17.7 Å². The minimum atomic E-state index is 0.427. The number of halogens is 1. The molecule has 1 N–H and O–H groups in total. The third kappa shape index (κ3) is 3.98. The molecule has 1 aromatic carbocycles. The molecule has 1 aromatic rings. The van der Waals surface area contributed by atoms with E-state index < -0.39 is 0 Å². The van der Waals surface area contributed by atoms with Crippen molar-refractivity contribution < 1.29 is 4.74 Å². The Balaban J connectivity index is 1.94. The molecular formula is C15H22ClNO. The Morgan fingerprint density at radius 2 is 2.28 bits per heavy atom. The molecule has 0 spiro atoms. The maximum atomic E-state index is 6.23. The summed E-state index contributed by atoms with van der Waals surface area (Å²) in [6.45, 7) is 4.06. The Bertz CT molecular complexity index is 363. The van der Waals surface area contributed by atoms with Crippen molar-refractivity contribution in [1.82, 2.24) is 5.32 Å². The van der Waals surface area contributed by atoms with E-state index in [0.717, 1.165) is 31.0 Å². The summed E-state index contributed by atoms with van der Waals surface area (Å²) in [5, 5.41) is 4.41. The first kappa shape index (κ1) is 13.9. The van der Waals surface area contributed by atoms with E-state index in [-0.39, 0.29) is 0 Å². The fraction of sp³-hybridized carbons (Fsp3) is 0.600. The Morgan fingerprint density at radius 3 is 2.94 bits per heavy atom. The normalized spacial score (nSPS) is 21.1. The number of likely N-dealkylation sites (N-methyl/N-ethyl adjacent to an activating group) is 1. The third-order valence-electron chi connectivity index (χ3n) is 3.49. The van der Waals surface area contributed by atoms with Gasteiger partial charge in [0.25, 0.3) is 0 Å². The maximum absolute atomic E-state index is 6.23. The van der Waals surface area contributed by atoms with Gasteiger partial charge in [0.05, 0.1) is 6.10 Å². The van der Waals surface area contributed by atoms with Crippen molar-refractivity contribution in [2.45, 2.75) is 44.8 Å². The van der Waals surface area contributed by atoms with Crippen LogP contribution in [-0.2, 0) is 11.2 Å². The van der Waals surface area contributed by atoms with Gasteiger partial charge in [0.2, 0.25) is 0 Å². The fourth-order valence-electron chi connectivity index (χ4n) is 2.60. The highest BCUT2D eigenvalue weighted by Crippen LogP contribution is 2.21. The standard InChI is InChI=1S/C15H22ClNO/c1-2-17-13(11-14-7-5-9-18-14)10-12-6-3-4-8-15(12)16/h3-4,6,8,13-14,17H,2,5,7,9-11H2,1H3. The van der Waals surface area contributed by atoms with Crippen molar-refractivity contribution in [2.24, 2.45) is 0 Å². The Labute approximate surface area is 115 Å². The van der Waals surface area contributed by atoms with Gasteiger partial charge >= 0.3 is 0 Å². The van der Waals surface area contributed by atoms with Crippen molar-refractivity contribution in [3.05, 3.63) is 34.9 Å². The van der Waals surface area contributed by atoms with E-state index in [9.17, 15) is 0 Å². The highest BCUT2D eigenvalue weighted by Gasteiger charge is 2.21. The van der Waals surface area contributed by atoms with E-state index in [1.807, 2.05) is 12.1 Å². The number of benzene rings is 1. The van der Waals surface area contributed by atoms with Crippen molar-refractivity contribution >= 4 is 11.6 Å². The molecule has 2 atom stereocenters. The lowest BCUT2D eigenvalue weighted by Gasteiger charge is -2.21. The van der Waals surface area contributed by atoms with Crippen LogP contribution in [0.3, 0.4) is 0 Å². The highest BCUT2D eigenvalue weighted by molar-refractivity contribution is 6.31. The lowest BCUT2D eigenvalue weighted by Crippen LogP contribution is -2.34. The summed E-state index contributed by atoms with van der Waals surface area (Å²) in [5.41, 5.74) is 1.23. The number of hydrogen-bond acceptors (Lipinski definition) is 2. The molecule has 0 saturated carbocycles. The molecule has 0 radical (unpaired) electrons. The smallest absolute Gasteiger partial charge is 0.0590 e. The summed E-state index contributed by atoms with van der Waals surface area (Å²) in [7, 11) is 0. The Morgan fingerprint density at radius 1 is 1.44 bits per heavy atom. The first-order chi connectivity index (χ1) is 8.79. The molecule has 2 rings (SSSR count). The predicted octanol–water partition coefficient (Wildman–Crippen LogP) is 3.43. The first-order valence-electron chi connectivity index (χ1n) is 6.88. The molecule has 1 aliphatic heterocycles. The summed E-state index contributed by atoms with van der Waals surface area (Å²) in [6.07, 6.45) is 4.89. The summed E-state index contributed by atoms with van der Waals surface area (Å²) in [4.78, 5) is 0. The van der Waals surface area contributed by atoms with Crippen molar-refractivity contribution in [2.75, 3.05) is 13.2 Å². The topological polar surface area (TPSA) is 21.3 Å². The summed E-state index contributed by atoms with van der Waals surface area (Å²) >= 11 is 6.23. The van der Waals surface area contributed by atoms with Crippen molar-refractivity contribution in [3.8, 4) is 0 Å². The third-order valence-corrected chi connectivity index (χ3v) is 3.86. The lowest BCUT2D eigenvalue weighted by molar-refractivity contribution is 0.0948. The number of rotatable bonds is 6. The second-order valence-corrected chi connectivity index (χ2v) is 5.33. The van der Waals surface area contributed by atoms with Crippen LogP contribution in [0.25, 0.3) is 0 Å². The second-order valence-electron chi connectivity index (χ2n) is 4.92. The Hall–Kier alpha value is -0.570. The van der Waals surface area contributed by atoms with Crippen molar-refractivity contribution in [1.29, 1.82) is 0 Å². The zero-order valence-electron chi connectivity index (χ0n) is 11.0. The number of nitrogens with one attached hydrogen (secondary N) is 1. The van der Waals surface area contributed by atoms with E-state index in [0.29, 0.717) is 12.1 Å². The van der Waals surface area contributed by atoms with E-state index in [1.54, 1.807) is 0 Å². The molecule has 100 valence electrons. The molecule has 3 heteroatoms. The highest BCUT2D eigenvalue weighted by atomic mass is 35.5. The van der Waals surface area contributed by atoms with Crippen LogP contribution in [0.4, 0.5) is 0 Å². The quantitative estimate of drug-likeness (QED) is 0.853. The predicted molar refractivity (Wildman–Crippen MR) is 76.2 cm³/mol. The van der Waals surface area contributed by atoms with Gasteiger partial charge in [0.1, 0.15) is 0 Å². The molecule has 1 aliphatic rings. The zero-order valence-corrected chi connectivity index (χ0v) is 11.7. The van der Waals surface area contributed by atoms with Gasteiger partial charge in [-0.3, -0.25) is 0 Å². The molecule has 0 amide bonds. The maximum Gasteiger partial charge on any atom is 0.0590 e. The molecule has 1 saturated heterocycles. The van der Waals surface area contributed by atoms with Gasteiger partial charge in [-0.1, -0.05) is 36.7 Å². The van der Waals surface area contributed by atoms with Crippen LogP contribution in [0.2, 0.25) is 5.02 Å². The minimum Gasteiger partial charge on any atom is -0.378 e. The molecule has 2 nitrogen and oxygen atoms in total. The van der Waals surface area contributed by atoms with E-state index in [4.69, 9.17) is 16.3 Å². The van der Waals surface area contributed by atoms with Crippen LogP contribution in [-0.4, -0.2) is 25.3 Å². The number of ether oxygens (including phenoxy) is 1. The molecule has 0 aliphatic carbocycles. The van der Waals surface area contributed by atoms with Gasteiger partial charge in [-0.25, -0.2) is 0 Å². The first-order valence-corrected chi connectivity index (χ1v) is 7.25. The Kier molecular flexibility index (Phi) is 5.48. The van der Waals surface area contributed by atoms with Crippen LogP contribution < -0.4 is 5.32 Å². The van der Waals surface area contributed by atoms with Gasteiger partial charge < -0.3 is 10.1 Å². The molecule has 0 aromatic heterocycles.